The van der Waals surface area contributed by atoms with Gasteiger partial charge in [0.2, 0.25) is 0 Å². The molecule has 4 rings (SSSR count). The van der Waals surface area contributed by atoms with E-state index >= 15 is 0 Å². The first-order valence-corrected chi connectivity index (χ1v) is 9.12. The van der Waals surface area contributed by atoms with Crippen molar-refractivity contribution in [3.05, 3.63) is 81.4 Å². The number of aromatic amines is 1. The highest BCUT2D eigenvalue weighted by atomic mass is 16.2. The second kappa shape index (κ2) is 6.56. The molecule has 2 N–H and O–H groups in total. The summed E-state index contributed by atoms with van der Waals surface area (Å²) in [5.74, 6) is -0.300. The molecule has 0 atom stereocenters. The summed E-state index contributed by atoms with van der Waals surface area (Å²) >= 11 is 0. The Morgan fingerprint density at radius 3 is 2.46 bits per heavy atom. The van der Waals surface area contributed by atoms with Crippen LogP contribution in [0.25, 0.3) is 16.6 Å². The van der Waals surface area contributed by atoms with Gasteiger partial charge in [-0.3, -0.25) is 14.3 Å². The molecule has 6 nitrogen and oxygen atoms in total. The fourth-order valence-corrected chi connectivity index (χ4v) is 3.50. The van der Waals surface area contributed by atoms with Crippen LogP contribution in [0.1, 0.15) is 27.3 Å². The topological polar surface area (TPSA) is 71.8 Å². The van der Waals surface area contributed by atoms with E-state index < -0.39 is 0 Å². The van der Waals surface area contributed by atoms with Crippen molar-refractivity contribution in [2.45, 2.75) is 20.8 Å². The van der Waals surface area contributed by atoms with Crippen molar-refractivity contribution in [2.75, 3.05) is 5.32 Å². The summed E-state index contributed by atoms with van der Waals surface area (Å²) in [4.78, 5) is 29.1. The van der Waals surface area contributed by atoms with Crippen LogP contribution >= 0.6 is 0 Å². The third-order valence-corrected chi connectivity index (χ3v) is 5.36. The molecular formula is C22H22N4O2. The maximum Gasteiger partial charge on any atom is 0.295 e. The number of H-pyrrole nitrogens is 1. The van der Waals surface area contributed by atoms with Gasteiger partial charge < -0.3 is 10.3 Å². The van der Waals surface area contributed by atoms with Gasteiger partial charge in [0.15, 0.2) is 0 Å². The number of benzene rings is 2. The fraction of sp³-hybridized carbons (Fsp3) is 0.182. The monoisotopic (exact) mass is 374 g/mol. The Morgan fingerprint density at radius 2 is 1.75 bits per heavy atom. The van der Waals surface area contributed by atoms with Crippen molar-refractivity contribution in [1.29, 1.82) is 0 Å². The first-order chi connectivity index (χ1) is 13.4. The molecule has 28 heavy (non-hydrogen) atoms. The summed E-state index contributed by atoms with van der Waals surface area (Å²) in [7, 11) is 1.80. The first kappa shape index (κ1) is 17.9. The van der Waals surface area contributed by atoms with E-state index in [-0.39, 0.29) is 11.5 Å². The maximum atomic E-state index is 13.0. The number of hydrogen-bond acceptors (Lipinski definition) is 2. The van der Waals surface area contributed by atoms with Crippen LogP contribution in [0.5, 0.6) is 0 Å². The van der Waals surface area contributed by atoms with E-state index in [1.165, 1.54) is 0 Å². The van der Waals surface area contributed by atoms with Gasteiger partial charge in [-0.15, -0.1) is 0 Å². The average Bonchev–Trinajstić information content (AvgIpc) is 3.10. The highest BCUT2D eigenvalue weighted by molar-refractivity contribution is 6.06. The number of nitrogens with zero attached hydrogens (tertiary/aromatic N) is 2. The summed E-state index contributed by atoms with van der Waals surface area (Å²) in [6.45, 7) is 5.85. The van der Waals surface area contributed by atoms with Crippen LogP contribution < -0.4 is 10.9 Å². The molecule has 0 unspecified atom stereocenters. The molecule has 0 fully saturated rings. The Balaban J connectivity index is 1.73. The molecule has 6 heteroatoms. The van der Waals surface area contributed by atoms with Gasteiger partial charge in [-0.1, -0.05) is 18.2 Å². The van der Waals surface area contributed by atoms with Crippen LogP contribution in [-0.2, 0) is 7.05 Å². The summed E-state index contributed by atoms with van der Waals surface area (Å²) < 4.78 is 3.30. The molecule has 0 aliphatic heterocycles. The lowest BCUT2D eigenvalue weighted by atomic mass is 10.1. The van der Waals surface area contributed by atoms with E-state index in [0.29, 0.717) is 16.9 Å². The number of amides is 1. The second-order valence-electron chi connectivity index (χ2n) is 7.03. The van der Waals surface area contributed by atoms with E-state index in [4.69, 9.17) is 0 Å². The Morgan fingerprint density at radius 1 is 1.04 bits per heavy atom. The van der Waals surface area contributed by atoms with Crippen LogP contribution in [0, 0.1) is 20.8 Å². The molecule has 2 aromatic heterocycles. The van der Waals surface area contributed by atoms with Crippen molar-refractivity contribution in [1.82, 2.24) is 14.3 Å². The van der Waals surface area contributed by atoms with Gasteiger partial charge in [0.05, 0.1) is 11.4 Å². The van der Waals surface area contributed by atoms with Gasteiger partial charge in [0, 0.05) is 29.2 Å². The zero-order chi connectivity index (χ0) is 20.0. The third kappa shape index (κ3) is 2.74. The molecule has 0 spiro atoms. The van der Waals surface area contributed by atoms with Gasteiger partial charge in [-0.25, -0.2) is 4.68 Å². The lowest BCUT2D eigenvalue weighted by Crippen LogP contribution is -2.22. The number of hydrogen-bond donors (Lipinski definition) is 2. The number of rotatable bonds is 3. The smallest absolute Gasteiger partial charge is 0.295 e. The van der Waals surface area contributed by atoms with Gasteiger partial charge >= 0.3 is 0 Å². The first-order valence-electron chi connectivity index (χ1n) is 9.12. The Kier molecular flexibility index (Phi) is 4.19. The molecular weight excluding hydrogens is 352 g/mol. The van der Waals surface area contributed by atoms with Crippen LogP contribution in [0.2, 0.25) is 0 Å². The predicted octanol–water partition coefficient (Wildman–Crippen LogP) is 3.83. The second-order valence-corrected chi connectivity index (χ2v) is 7.03. The zero-order valence-electron chi connectivity index (χ0n) is 16.3. The number of nitrogens with one attached hydrogen (secondary N) is 2. The summed E-state index contributed by atoms with van der Waals surface area (Å²) in [6, 6.07) is 14.9. The van der Waals surface area contributed by atoms with Crippen molar-refractivity contribution in [3.8, 4) is 5.69 Å². The summed E-state index contributed by atoms with van der Waals surface area (Å²) in [5.41, 5.74) is 5.18. The van der Waals surface area contributed by atoms with Crippen LogP contribution in [-0.4, -0.2) is 20.3 Å². The van der Waals surface area contributed by atoms with Gasteiger partial charge in [-0.05, 0) is 56.7 Å². The Bertz CT molecular complexity index is 1260. The highest BCUT2D eigenvalue weighted by Gasteiger charge is 2.19. The zero-order valence-corrected chi connectivity index (χ0v) is 16.3. The molecule has 2 aromatic carbocycles. The number of fused-ring (bicyclic) bond motifs is 1. The molecule has 0 aliphatic rings. The molecule has 4 aromatic rings. The minimum atomic E-state index is -0.300. The van der Waals surface area contributed by atoms with Crippen molar-refractivity contribution >= 4 is 22.5 Å². The lowest BCUT2D eigenvalue weighted by Gasteiger charge is -2.07. The van der Waals surface area contributed by atoms with E-state index in [2.05, 4.69) is 10.3 Å². The molecule has 142 valence electrons. The number of aromatic nitrogens is 3. The van der Waals surface area contributed by atoms with Gasteiger partial charge in [0.25, 0.3) is 11.5 Å². The fourth-order valence-electron chi connectivity index (χ4n) is 3.50. The van der Waals surface area contributed by atoms with E-state index in [0.717, 1.165) is 27.8 Å². The van der Waals surface area contributed by atoms with Gasteiger partial charge in [-0.2, -0.15) is 0 Å². The molecule has 0 saturated carbocycles. The lowest BCUT2D eigenvalue weighted by molar-refractivity contribution is 0.102. The van der Waals surface area contributed by atoms with E-state index in [9.17, 15) is 9.59 Å². The molecule has 0 saturated heterocycles. The summed E-state index contributed by atoms with van der Waals surface area (Å²) in [5, 5.41) is 3.82. The molecule has 0 bridgehead atoms. The van der Waals surface area contributed by atoms with Crippen LogP contribution in [0.4, 0.5) is 5.69 Å². The SMILES string of the molecule is Cc1[nH]c2ccc(C(=O)Nc3c(C)n(C)n(-c4ccccc4)c3=O)cc2c1C. The number of para-hydroxylation sites is 1. The van der Waals surface area contributed by atoms with Crippen LogP contribution in [0.15, 0.2) is 53.3 Å². The Labute approximate surface area is 162 Å². The van der Waals surface area contributed by atoms with Gasteiger partial charge in [0.1, 0.15) is 5.69 Å². The molecule has 0 radical (unpaired) electrons. The quantitative estimate of drug-likeness (QED) is 0.572. The molecule has 0 aliphatic carbocycles. The van der Waals surface area contributed by atoms with Crippen molar-refractivity contribution < 1.29 is 4.79 Å². The van der Waals surface area contributed by atoms with E-state index in [1.54, 1.807) is 22.5 Å². The van der Waals surface area contributed by atoms with Crippen molar-refractivity contribution in [2.24, 2.45) is 7.05 Å². The Hall–Kier alpha value is -3.54. The third-order valence-electron chi connectivity index (χ3n) is 5.36. The average molecular weight is 374 g/mol. The number of carbonyl (C=O) groups is 1. The molecule has 1 amide bonds. The summed E-state index contributed by atoms with van der Waals surface area (Å²) in [6.07, 6.45) is 0. The van der Waals surface area contributed by atoms with E-state index in [1.807, 2.05) is 63.2 Å². The van der Waals surface area contributed by atoms with Crippen molar-refractivity contribution in [3.63, 3.8) is 0 Å². The minimum absolute atomic E-state index is 0.255. The standard InChI is InChI=1S/C22H22N4O2/c1-13-14(2)23-19-11-10-16(12-18(13)19)21(27)24-20-15(3)25(4)26(22(20)28)17-8-6-5-7-9-17/h5-12,23H,1-4H3,(H,24,27). The number of aryl methyl sites for hydroxylation is 2. The largest absolute Gasteiger partial charge is 0.358 e. The highest BCUT2D eigenvalue weighted by Crippen LogP contribution is 2.23. The minimum Gasteiger partial charge on any atom is -0.358 e. The predicted molar refractivity (Wildman–Crippen MR) is 111 cm³/mol. The normalized spacial score (nSPS) is 11.1. The maximum absolute atomic E-state index is 13.0. The van der Waals surface area contributed by atoms with Crippen LogP contribution in [0.3, 0.4) is 0 Å². The number of anilines is 1. The number of carbonyl (C=O) groups excluding carboxylic acids is 1. The molecule has 2 heterocycles.